The highest BCUT2D eigenvalue weighted by molar-refractivity contribution is 7.91. The molecule has 1 amide bonds. The predicted octanol–water partition coefficient (Wildman–Crippen LogP) is 3.35. The normalized spacial score (nSPS) is 15.8. The molecule has 0 atom stereocenters. The van der Waals surface area contributed by atoms with Gasteiger partial charge in [-0.1, -0.05) is 36.4 Å². The van der Waals surface area contributed by atoms with E-state index in [1.54, 1.807) is 24.0 Å². The number of rotatable bonds is 4. The number of nitrogens with zero attached hydrogens (tertiary/aromatic N) is 1. The molecule has 4 nitrogen and oxygen atoms in total. The maximum absolute atomic E-state index is 13.7. The van der Waals surface area contributed by atoms with Crippen LogP contribution >= 0.6 is 0 Å². The van der Waals surface area contributed by atoms with Crippen molar-refractivity contribution in [3.05, 3.63) is 71.0 Å². The van der Waals surface area contributed by atoms with Gasteiger partial charge in [0.2, 0.25) is 0 Å². The van der Waals surface area contributed by atoms with Crippen LogP contribution in [-0.4, -0.2) is 37.6 Å². The minimum absolute atomic E-state index is 0.0234. The van der Waals surface area contributed by atoms with Gasteiger partial charge in [0.05, 0.1) is 11.0 Å². The SMILES string of the molecule is Cc1ccc(C(=O)N2CCC(S(=O)(=O)Cc3ccccc3)CC2)cc1F. The number of hydrogen-bond donors (Lipinski definition) is 0. The number of carbonyl (C=O) groups is 1. The molecule has 0 bridgehead atoms. The van der Waals surface area contributed by atoms with Crippen LogP contribution in [0.15, 0.2) is 48.5 Å². The molecule has 3 rings (SSSR count). The lowest BCUT2D eigenvalue weighted by Crippen LogP contribution is -2.42. The zero-order valence-electron chi connectivity index (χ0n) is 14.7. The van der Waals surface area contributed by atoms with Gasteiger partial charge in [-0.05, 0) is 43.0 Å². The van der Waals surface area contributed by atoms with E-state index in [4.69, 9.17) is 0 Å². The first-order valence-corrected chi connectivity index (χ1v) is 10.4. The fourth-order valence-corrected chi connectivity index (χ4v) is 5.07. The molecule has 138 valence electrons. The van der Waals surface area contributed by atoms with Crippen molar-refractivity contribution in [1.29, 1.82) is 0 Å². The number of carbonyl (C=O) groups excluding carboxylic acids is 1. The van der Waals surface area contributed by atoms with Gasteiger partial charge in [-0.2, -0.15) is 0 Å². The van der Waals surface area contributed by atoms with Crippen molar-refractivity contribution in [2.75, 3.05) is 13.1 Å². The predicted molar refractivity (Wildman–Crippen MR) is 99.1 cm³/mol. The Morgan fingerprint density at radius 1 is 1.12 bits per heavy atom. The molecule has 0 unspecified atom stereocenters. The number of benzene rings is 2. The zero-order valence-corrected chi connectivity index (χ0v) is 15.5. The summed E-state index contributed by atoms with van der Waals surface area (Å²) in [4.78, 5) is 14.1. The molecule has 0 spiro atoms. The highest BCUT2D eigenvalue weighted by Crippen LogP contribution is 2.23. The summed E-state index contributed by atoms with van der Waals surface area (Å²) in [5, 5.41) is -0.443. The summed E-state index contributed by atoms with van der Waals surface area (Å²) in [7, 11) is -3.26. The number of halogens is 1. The van der Waals surface area contributed by atoms with E-state index in [2.05, 4.69) is 0 Å². The molecular weight excluding hydrogens is 353 g/mol. The van der Waals surface area contributed by atoms with Gasteiger partial charge in [0.1, 0.15) is 5.82 Å². The Morgan fingerprint density at radius 2 is 1.77 bits per heavy atom. The molecule has 0 aliphatic carbocycles. The summed E-state index contributed by atoms with van der Waals surface area (Å²) in [6, 6.07) is 13.6. The summed E-state index contributed by atoms with van der Waals surface area (Å²) >= 11 is 0. The quantitative estimate of drug-likeness (QED) is 0.823. The molecule has 2 aromatic carbocycles. The van der Waals surface area contributed by atoms with Crippen molar-refractivity contribution < 1.29 is 17.6 Å². The van der Waals surface area contributed by atoms with Crippen molar-refractivity contribution in [2.45, 2.75) is 30.8 Å². The van der Waals surface area contributed by atoms with Crippen LogP contribution in [0.2, 0.25) is 0 Å². The Balaban J connectivity index is 1.63. The van der Waals surface area contributed by atoms with Crippen LogP contribution in [0.5, 0.6) is 0 Å². The van der Waals surface area contributed by atoms with Crippen molar-refractivity contribution >= 4 is 15.7 Å². The minimum atomic E-state index is -3.26. The second-order valence-electron chi connectivity index (χ2n) is 6.75. The zero-order chi connectivity index (χ0) is 18.7. The Labute approximate surface area is 153 Å². The Hall–Kier alpha value is -2.21. The van der Waals surface area contributed by atoms with Gasteiger partial charge in [-0.25, -0.2) is 12.8 Å². The molecule has 1 aliphatic heterocycles. The Morgan fingerprint density at radius 3 is 2.38 bits per heavy atom. The second kappa shape index (κ2) is 7.58. The fourth-order valence-electron chi connectivity index (χ4n) is 3.25. The van der Waals surface area contributed by atoms with Crippen LogP contribution in [0.4, 0.5) is 4.39 Å². The maximum atomic E-state index is 13.7. The minimum Gasteiger partial charge on any atom is -0.339 e. The third-order valence-electron chi connectivity index (χ3n) is 4.87. The van der Waals surface area contributed by atoms with Gasteiger partial charge in [0.25, 0.3) is 5.91 Å². The number of hydrogen-bond acceptors (Lipinski definition) is 3. The number of piperidine rings is 1. The van der Waals surface area contributed by atoms with Crippen molar-refractivity contribution in [3.8, 4) is 0 Å². The van der Waals surface area contributed by atoms with E-state index in [0.29, 0.717) is 37.1 Å². The largest absolute Gasteiger partial charge is 0.339 e. The van der Waals surface area contributed by atoms with E-state index in [0.717, 1.165) is 5.56 Å². The van der Waals surface area contributed by atoms with Crippen LogP contribution in [0.1, 0.15) is 34.3 Å². The second-order valence-corrected chi connectivity index (χ2v) is 9.03. The molecule has 1 heterocycles. The summed E-state index contributed by atoms with van der Waals surface area (Å²) in [5.74, 6) is -0.630. The smallest absolute Gasteiger partial charge is 0.253 e. The summed E-state index contributed by atoms with van der Waals surface area (Å²) in [6.07, 6.45) is 0.824. The lowest BCUT2D eigenvalue weighted by Gasteiger charge is -2.32. The van der Waals surface area contributed by atoms with E-state index >= 15 is 0 Å². The van der Waals surface area contributed by atoms with Gasteiger partial charge in [0.15, 0.2) is 9.84 Å². The van der Waals surface area contributed by atoms with Crippen molar-refractivity contribution in [2.24, 2.45) is 0 Å². The molecule has 0 N–H and O–H groups in total. The lowest BCUT2D eigenvalue weighted by atomic mass is 10.1. The summed E-state index contributed by atoms with van der Waals surface area (Å²) in [5.41, 5.74) is 1.58. The maximum Gasteiger partial charge on any atom is 0.253 e. The van der Waals surface area contributed by atoms with Gasteiger partial charge >= 0.3 is 0 Å². The molecule has 1 saturated heterocycles. The van der Waals surface area contributed by atoms with Crippen LogP contribution in [0.25, 0.3) is 0 Å². The fraction of sp³-hybridized carbons (Fsp3) is 0.350. The first-order valence-electron chi connectivity index (χ1n) is 8.68. The molecule has 2 aromatic rings. The van der Waals surface area contributed by atoms with E-state index in [1.807, 2.05) is 30.3 Å². The number of aryl methyl sites for hydroxylation is 1. The van der Waals surface area contributed by atoms with Crippen LogP contribution in [-0.2, 0) is 15.6 Å². The monoisotopic (exact) mass is 375 g/mol. The number of likely N-dealkylation sites (tertiary alicyclic amines) is 1. The summed E-state index contributed by atoms with van der Waals surface area (Å²) in [6.45, 7) is 2.38. The van der Waals surface area contributed by atoms with Gasteiger partial charge in [0, 0.05) is 18.7 Å². The number of amides is 1. The average molecular weight is 375 g/mol. The molecule has 1 aliphatic rings. The van der Waals surface area contributed by atoms with E-state index in [-0.39, 0.29) is 11.7 Å². The average Bonchev–Trinajstić information content (AvgIpc) is 2.64. The van der Waals surface area contributed by atoms with Gasteiger partial charge < -0.3 is 4.90 Å². The third kappa shape index (κ3) is 4.12. The lowest BCUT2D eigenvalue weighted by molar-refractivity contribution is 0.0725. The van der Waals surface area contributed by atoms with Crippen molar-refractivity contribution in [1.82, 2.24) is 4.90 Å². The molecule has 0 radical (unpaired) electrons. The van der Waals surface area contributed by atoms with Crippen LogP contribution in [0.3, 0.4) is 0 Å². The van der Waals surface area contributed by atoms with E-state index < -0.39 is 20.9 Å². The summed E-state index contributed by atoms with van der Waals surface area (Å²) < 4.78 is 38.9. The molecule has 0 saturated carbocycles. The van der Waals surface area contributed by atoms with Crippen molar-refractivity contribution in [3.63, 3.8) is 0 Å². The van der Waals surface area contributed by atoms with E-state index in [1.165, 1.54) is 6.07 Å². The molecule has 26 heavy (non-hydrogen) atoms. The Bertz CT molecular complexity index is 889. The molecule has 0 aromatic heterocycles. The van der Waals surface area contributed by atoms with E-state index in [9.17, 15) is 17.6 Å². The molecular formula is C20H22FNO3S. The van der Waals surface area contributed by atoms with Crippen LogP contribution < -0.4 is 0 Å². The highest BCUT2D eigenvalue weighted by Gasteiger charge is 2.32. The first-order chi connectivity index (χ1) is 12.4. The van der Waals surface area contributed by atoms with Gasteiger partial charge in [-0.3, -0.25) is 4.79 Å². The topological polar surface area (TPSA) is 54.5 Å². The molecule has 1 fully saturated rings. The third-order valence-corrected chi connectivity index (χ3v) is 7.09. The first kappa shape index (κ1) is 18.6. The number of sulfone groups is 1. The standard InChI is InChI=1S/C20H22FNO3S/c1-15-7-8-17(13-19(15)21)20(23)22-11-9-18(10-12-22)26(24,25)14-16-5-3-2-4-6-16/h2-8,13,18H,9-12,14H2,1H3. The Kier molecular flexibility index (Phi) is 5.41. The highest BCUT2D eigenvalue weighted by atomic mass is 32.2. The van der Waals surface area contributed by atoms with Gasteiger partial charge in [-0.15, -0.1) is 0 Å². The molecule has 6 heteroatoms. The van der Waals surface area contributed by atoms with Crippen LogP contribution in [0, 0.1) is 12.7 Å².